The van der Waals surface area contributed by atoms with Crippen LogP contribution in [-0.4, -0.2) is 16.7 Å². The molecule has 8 atom stereocenters. The SMILES string of the molecule is C=CC[C@@](C)(N)[C@H]1CC[C@H]2[C@@H]3CC=C4C[C@@H](O)CC[C@]4(C)[C@H]3CC[C@@]21C. The zero-order valence-electron chi connectivity index (χ0n) is 17.1. The third-order valence-corrected chi connectivity index (χ3v) is 9.46. The summed E-state index contributed by atoms with van der Waals surface area (Å²) in [5, 5.41) is 10.2. The van der Waals surface area contributed by atoms with E-state index in [1.807, 2.05) is 6.08 Å². The first-order chi connectivity index (χ1) is 12.2. The van der Waals surface area contributed by atoms with Crippen LogP contribution in [-0.2, 0) is 0 Å². The highest BCUT2D eigenvalue weighted by molar-refractivity contribution is 5.25. The second-order valence-electron chi connectivity index (χ2n) is 10.8. The lowest BCUT2D eigenvalue weighted by Crippen LogP contribution is -2.55. The van der Waals surface area contributed by atoms with Crippen molar-refractivity contribution in [2.24, 2.45) is 40.2 Å². The summed E-state index contributed by atoms with van der Waals surface area (Å²) in [5.41, 5.74) is 9.02. The van der Waals surface area contributed by atoms with Gasteiger partial charge >= 0.3 is 0 Å². The Hall–Kier alpha value is -0.600. The largest absolute Gasteiger partial charge is 0.393 e. The smallest absolute Gasteiger partial charge is 0.0577 e. The second kappa shape index (κ2) is 6.21. The molecule has 4 rings (SSSR count). The predicted octanol–water partition coefficient (Wildman–Crippen LogP) is 5.22. The molecule has 0 aromatic carbocycles. The van der Waals surface area contributed by atoms with Gasteiger partial charge in [-0.25, -0.2) is 0 Å². The number of rotatable bonds is 3. The van der Waals surface area contributed by atoms with Gasteiger partial charge in [-0.15, -0.1) is 6.58 Å². The van der Waals surface area contributed by atoms with Crippen molar-refractivity contribution in [1.29, 1.82) is 0 Å². The van der Waals surface area contributed by atoms with Crippen LogP contribution in [0.1, 0.15) is 78.6 Å². The first-order valence-electron chi connectivity index (χ1n) is 11.0. The van der Waals surface area contributed by atoms with Gasteiger partial charge in [0.2, 0.25) is 0 Å². The molecule has 2 nitrogen and oxygen atoms in total. The molecule has 0 amide bonds. The van der Waals surface area contributed by atoms with Crippen molar-refractivity contribution < 1.29 is 5.11 Å². The van der Waals surface area contributed by atoms with Crippen LogP contribution in [0.25, 0.3) is 0 Å². The van der Waals surface area contributed by atoms with Gasteiger partial charge < -0.3 is 10.8 Å². The Kier molecular flexibility index (Phi) is 4.47. The van der Waals surface area contributed by atoms with Gasteiger partial charge in [0.25, 0.3) is 0 Å². The van der Waals surface area contributed by atoms with Crippen LogP contribution >= 0.6 is 0 Å². The van der Waals surface area contributed by atoms with Crippen LogP contribution in [0.2, 0.25) is 0 Å². The maximum Gasteiger partial charge on any atom is 0.0577 e. The highest BCUT2D eigenvalue weighted by Crippen LogP contribution is 2.67. The van der Waals surface area contributed by atoms with E-state index in [1.165, 1.54) is 38.5 Å². The van der Waals surface area contributed by atoms with Gasteiger partial charge in [-0.1, -0.05) is 31.6 Å². The molecule has 0 heterocycles. The first kappa shape index (κ1) is 18.7. The molecule has 0 aromatic rings. The van der Waals surface area contributed by atoms with E-state index in [9.17, 15) is 5.11 Å². The standard InChI is InChI=1S/C24H39NO/c1-5-12-24(4,25)21-9-8-19-18-7-6-16-15-17(26)10-13-22(16,2)20(18)11-14-23(19,21)3/h5-6,17-21,26H,1,7-15,25H2,2-4H3/t17-,18-,19-,20-,21-,22-,23-,24+/m0/s1. The lowest BCUT2D eigenvalue weighted by atomic mass is 9.46. The number of fused-ring (bicyclic) bond motifs is 5. The minimum Gasteiger partial charge on any atom is -0.393 e. The Balaban J connectivity index is 1.63. The summed E-state index contributed by atoms with van der Waals surface area (Å²) in [7, 11) is 0. The molecule has 0 spiro atoms. The maximum absolute atomic E-state index is 10.2. The minimum absolute atomic E-state index is 0.104. The third-order valence-electron chi connectivity index (χ3n) is 9.46. The van der Waals surface area contributed by atoms with Crippen molar-refractivity contribution in [2.45, 2.75) is 90.2 Å². The molecule has 0 unspecified atom stereocenters. The summed E-state index contributed by atoms with van der Waals surface area (Å²) in [5.74, 6) is 3.07. The molecule has 2 heteroatoms. The summed E-state index contributed by atoms with van der Waals surface area (Å²) in [6.45, 7) is 11.3. The quantitative estimate of drug-likeness (QED) is 0.680. The number of aliphatic hydroxyl groups excluding tert-OH is 1. The van der Waals surface area contributed by atoms with Crippen LogP contribution < -0.4 is 5.73 Å². The second-order valence-corrected chi connectivity index (χ2v) is 10.8. The van der Waals surface area contributed by atoms with E-state index in [0.29, 0.717) is 16.7 Å². The van der Waals surface area contributed by atoms with E-state index in [4.69, 9.17) is 5.73 Å². The van der Waals surface area contributed by atoms with Crippen molar-refractivity contribution >= 4 is 0 Å². The van der Waals surface area contributed by atoms with Crippen LogP contribution in [0, 0.1) is 34.5 Å². The minimum atomic E-state index is -0.118. The molecule has 26 heavy (non-hydrogen) atoms. The Labute approximate surface area is 160 Å². The summed E-state index contributed by atoms with van der Waals surface area (Å²) < 4.78 is 0. The fraction of sp³-hybridized carbons (Fsp3) is 0.833. The van der Waals surface area contributed by atoms with Gasteiger partial charge in [-0.3, -0.25) is 0 Å². The Morgan fingerprint density at radius 2 is 2.00 bits per heavy atom. The van der Waals surface area contributed by atoms with Gasteiger partial charge in [0.1, 0.15) is 0 Å². The van der Waals surface area contributed by atoms with Gasteiger partial charge in [-0.05, 0) is 99.2 Å². The molecule has 0 saturated heterocycles. The summed E-state index contributed by atoms with van der Waals surface area (Å²) in [4.78, 5) is 0. The molecule has 3 saturated carbocycles. The Bertz CT molecular complexity index is 607. The Morgan fingerprint density at radius 1 is 1.23 bits per heavy atom. The van der Waals surface area contributed by atoms with Gasteiger partial charge in [0.15, 0.2) is 0 Å². The number of hydrogen-bond donors (Lipinski definition) is 2. The summed E-state index contributed by atoms with van der Waals surface area (Å²) >= 11 is 0. The maximum atomic E-state index is 10.2. The average molecular weight is 358 g/mol. The van der Waals surface area contributed by atoms with E-state index >= 15 is 0 Å². The topological polar surface area (TPSA) is 46.2 Å². The van der Waals surface area contributed by atoms with E-state index in [0.717, 1.165) is 37.0 Å². The van der Waals surface area contributed by atoms with Crippen LogP contribution in [0.15, 0.2) is 24.3 Å². The van der Waals surface area contributed by atoms with E-state index in [1.54, 1.807) is 5.57 Å². The lowest BCUT2D eigenvalue weighted by molar-refractivity contribution is -0.0593. The highest BCUT2D eigenvalue weighted by Gasteiger charge is 2.60. The molecule has 0 aromatic heterocycles. The molecule has 3 N–H and O–H groups in total. The number of allylic oxidation sites excluding steroid dienone is 1. The fourth-order valence-corrected chi connectivity index (χ4v) is 8.18. The zero-order chi connectivity index (χ0) is 18.7. The monoisotopic (exact) mass is 357 g/mol. The average Bonchev–Trinajstić information content (AvgIpc) is 2.93. The van der Waals surface area contributed by atoms with Gasteiger partial charge in [0.05, 0.1) is 6.10 Å². The van der Waals surface area contributed by atoms with E-state index < -0.39 is 0 Å². The number of hydrogen-bond acceptors (Lipinski definition) is 2. The van der Waals surface area contributed by atoms with E-state index in [2.05, 4.69) is 33.4 Å². The zero-order valence-corrected chi connectivity index (χ0v) is 17.1. The summed E-state index contributed by atoms with van der Waals surface area (Å²) in [6.07, 6.45) is 15.0. The lowest BCUT2D eigenvalue weighted by Gasteiger charge is -2.59. The predicted molar refractivity (Wildman–Crippen MR) is 109 cm³/mol. The van der Waals surface area contributed by atoms with Crippen molar-refractivity contribution in [1.82, 2.24) is 0 Å². The van der Waals surface area contributed by atoms with Crippen molar-refractivity contribution in [3.8, 4) is 0 Å². The molecule has 0 radical (unpaired) electrons. The molecule has 3 fully saturated rings. The molecule has 0 bridgehead atoms. The molecule has 4 aliphatic rings. The van der Waals surface area contributed by atoms with E-state index in [-0.39, 0.29) is 11.6 Å². The van der Waals surface area contributed by atoms with Crippen LogP contribution in [0.5, 0.6) is 0 Å². The van der Waals surface area contributed by atoms with Gasteiger partial charge in [-0.2, -0.15) is 0 Å². The third kappa shape index (κ3) is 2.58. The molecule has 4 aliphatic carbocycles. The first-order valence-corrected chi connectivity index (χ1v) is 11.0. The van der Waals surface area contributed by atoms with Crippen molar-refractivity contribution in [3.05, 3.63) is 24.3 Å². The normalized spacial score (nSPS) is 50.0. The van der Waals surface area contributed by atoms with Crippen molar-refractivity contribution in [2.75, 3.05) is 0 Å². The molecule has 0 aliphatic heterocycles. The summed E-state index contributed by atoms with van der Waals surface area (Å²) in [6, 6.07) is 0. The molecular formula is C24H39NO. The van der Waals surface area contributed by atoms with Crippen LogP contribution in [0.4, 0.5) is 0 Å². The highest BCUT2D eigenvalue weighted by atomic mass is 16.3. The Morgan fingerprint density at radius 3 is 2.73 bits per heavy atom. The van der Waals surface area contributed by atoms with Crippen molar-refractivity contribution in [3.63, 3.8) is 0 Å². The molecule has 146 valence electrons. The van der Waals surface area contributed by atoms with Gasteiger partial charge in [0, 0.05) is 5.54 Å². The number of aliphatic hydroxyl groups is 1. The van der Waals surface area contributed by atoms with Crippen LogP contribution in [0.3, 0.4) is 0 Å². The fourth-order valence-electron chi connectivity index (χ4n) is 8.18. The molecular weight excluding hydrogens is 318 g/mol. The number of nitrogens with two attached hydrogens (primary N) is 1.